The third-order valence-electron chi connectivity index (χ3n) is 2.56. The van der Waals surface area contributed by atoms with Gasteiger partial charge >= 0.3 is 0 Å². The van der Waals surface area contributed by atoms with Crippen LogP contribution in [0.1, 0.15) is 6.42 Å². The summed E-state index contributed by atoms with van der Waals surface area (Å²) < 4.78 is 5.65. The lowest BCUT2D eigenvalue weighted by Gasteiger charge is -2.01. The van der Waals surface area contributed by atoms with Gasteiger partial charge in [-0.2, -0.15) is 0 Å². The van der Waals surface area contributed by atoms with Crippen LogP contribution in [0.4, 0.5) is 0 Å². The zero-order chi connectivity index (χ0) is 10.1. The SMILES string of the molecule is Cl.c1ccc2oc(S[C@H]3CCNC3)nc2c1. The van der Waals surface area contributed by atoms with Crippen molar-refractivity contribution in [2.45, 2.75) is 16.9 Å². The van der Waals surface area contributed by atoms with E-state index in [-0.39, 0.29) is 12.4 Å². The van der Waals surface area contributed by atoms with Gasteiger partial charge in [0.05, 0.1) is 0 Å². The molecule has 16 heavy (non-hydrogen) atoms. The molecule has 3 nitrogen and oxygen atoms in total. The molecule has 86 valence electrons. The Balaban J connectivity index is 0.000000963. The summed E-state index contributed by atoms with van der Waals surface area (Å²) in [5.41, 5.74) is 1.83. The predicted octanol–water partition coefficient (Wildman–Crippen LogP) is 2.70. The van der Waals surface area contributed by atoms with E-state index in [1.54, 1.807) is 11.8 Å². The Kier molecular flexibility index (Phi) is 3.74. The van der Waals surface area contributed by atoms with E-state index in [2.05, 4.69) is 10.3 Å². The van der Waals surface area contributed by atoms with E-state index in [1.807, 2.05) is 24.3 Å². The van der Waals surface area contributed by atoms with Gasteiger partial charge in [0.2, 0.25) is 0 Å². The number of hydrogen-bond donors (Lipinski definition) is 1. The molecule has 1 N–H and O–H groups in total. The molecule has 1 aliphatic heterocycles. The number of aromatic nitrogens is 1. The summed E-state index contributed by atoms with van der Waals surface area (Å²) in [5, 5.41) is 4.74. The smallest absolute Gasteiger partial charge is 0.257 e. The summed E-state index contributed by atoms with van der Waals surface area (Å²) in [7, 11) is 0. The number of oxazole rings is 1. The van der Waals surface area contributed by atoms with Crippen LogP contribution in [0.2, 0.25) is 0 Å². The number of hydrogen-bond acceptors (Lipinski definition) is 4. The van der Waals surface area contributed by atoms with Crippen molar-refractivity contribution in [3.05, 3.63) is 24.3 Å². The Morgan fingerprint density at radius 2 is 2.25 bits per heavy atom. The number of halogens is 1. The molecule has 3 rings (SSSR count). The number of benzene rings is 1. The van der Waals surface area contributed by atoms with Crippen LogP contribution < -0.4 is 5.32 Å². The molecule has 2 heterocycles. The Labute approximate surface area is 104 Å². The molecule has 1 atom stereocenters. The Morgan fingerprint density at radius 3 is 3.00 bits per heavy atom. The average molecular weight is 257 g/mol. The summed E-state index contributed by atoms with van der Waals surface area (Å²) in [6.07, 6.45) is 1.20. The van der Waals surface area contributed by atoms with E-state index in [0.717, 1.165) is 29.4 Å². The molecule has 0 aliphatic carbocycles. The number of nitrogens with one attached hydrogen (secondary N) is 1. The fourth-order valence-corrected chi connectivity index (χ4v) is 2.78. The molecule has 0 spiro atoms. The van der Waals surface area contributed by atoms with Gasteiger partial charge in [0, 0.05) is 11.8 Å². The fourth-order valence-electron chi connectivity index (χ4n) is 1.77. The summed E-state index contributed by atoms with van der Waals surface area (Å²) >= 11 is 1.74. The van der Waals surface area contributed by atoms with E-state index in [1.165, 1.54) is 6.42 Å². The third-order valence-corrected chi connectivity index (χ3v) is 3.67. The summed E-state index contributed by atoms with van der Waals surface area (Å²) in [6.45, 7) is 2.17. The van der Waals surface area contributed by atoms with Crippen LogP contribution in [0.3, 0.4) is 0 Å². The predicted molar refractivity (Wildman–Crippen MR) is 68.4 cm³/mol. The normalized spacial score (nSPS) is 19.9. The first-order valence-corrected chi connectivity index (χ1v) is 6.03. The molecule has 0 bridgehead atoms. The van der Waals surface area contributed by atoms with Gasteiger partial charge in [-0.25, -0.2) is 4.98 Å². The van der Waals surface area contributed by atoms with Crippen LogP contribution in [-0.4, -0.2) is 23.3 Å². The van der Waals surface area contributed by atoms with Crippen molar-refractivity contribution < 1.29 is 4.42 Å². The van der Waals surface area contributed by atoms with Crippen molar-refractivity contribution in [3.63, 3.8) is 0 Å². The number of para-hydroxylation sites is 2. The summed E-state index contributed by atoms with van der Waals surface area (Å²) in [5.74, 6) is 0. The molecule has 0 amide bonds. The zero-order valence-electron chi connectivity index (χ0n) is 8.68. The maximum absolute atomic E-state index is 5.65. The Hall–Kier alpha value is -0.710. The van der Waals surface area contributed by atoms with E-state index < -0.39 is 0 Å². The largest absolute Gasteiger partial charge is 0.431 e. The molecule has 0 radical (unpaired) electrons. The highest BCUT2D eigenvalue weighted by molar-refractivity contribution is 7.99. The minimum atomic E-state index is 0. The lowest BCUT2D eigenvalue weighted by molar-refractivity contribution is 0.488. The van der Waals surface area contributed by atoms with Gasteiger partial charge in [0.15, 0.2) is 5.58 Å². The minimum absolute atomic E-state index is 0. The van der Waals surface area contributed by atoms with Crippen molar-refractivity contribution in [1.29, 1.82) is 0 Å². The molecule has 2 aromatic rings. The monoisotopic (exact) mass is 256 g/mol. The van der Waals surface area contributed by atoms with Crippen molar-refractivity contribution in [2.24, 2.45) is 0 Å². The first kappa shape index (κ1) is 11.8. The zero-order valence-corrected chi connectivity index (χ0v) is 10.3. The first-order valence-electron chi connectivity index (χ1n) is 5.15. The van der Waals surface area contributed by atoms with Crippen LogP contribution in [0.5, 0.6) is 0 Å². The number of rotatable bonds is 2. The van der Waals surface area contributed by atoms with Crippen LogP contribution in [0, 0.1) is 0 Å². The molecule has 1 aliphatic rings. The fraction of sp³-hybridized carbons (Fsp3) is 0.364. The first-order chi connectivity index (χ1) is 7.42. The van der Waals surface area contributed by atoms with Gasteiger partial charge in [-0.05, 0) is 25.1 Å². The van der Waals surface area contributed by atoms with Crippen LogP contribution in [0.15, 0.2) is 33.9 Å². The van der Waals surface area contributed by atoms with Gasteiger partial charge in [0.25, 0.3) is 5.22 Å². The molecule has 1 aromatic heterocycles. The molecule has 1 aromatic carbocycles. The Bertz CT molecular complexity index is 435. The van der Waals surface area contributed by atoms with Crippen molar-refractivity contribution >= 4 is 35.3 Å². The van der Waals surface area contributed by atoms with Crippen molar-refractivity contribution in [2.75, 3.05) is 13.1 Å². The molecule has 1 fully saturated rings. The van der Waals surface area contributed by atoms with Gasteiger partial charge in [-0.15, -0.1) is 12.4 Å². The van der Waals surface area contributed by atoms with E-state index in [9.17, 15) is 0 Å². The van der Waals surface area contributed by atoms with Crippen LogP contribution in [0.25, 0.3) is 11.1 Å². The molecule has 0 unspecified atom stereocenters. The molecule has 5 heteroatoms. The van der Waals surface area contributed by atoms with Gasteiger partial charge in [-0.3, -0.25) is 0 Å². The lowest BCUT2D eigenvalue weighted by Crippen LogP contribution is -2.09. The van der Waals surface area contributed by atoms with Gasteiger partial charge in [0.1, 0.15) is 5.52 Å². The maximum Gasteiger partial charge on any atom is 0.257 e. The van der Waals surface area contributed by atoms with E-state index >= 15 is 0 Å². The quantitative estimate of drug-likeness (QED) is 0.897. The van der Waals surface area contributed by atoms with Crippen molar-refractivity contribution in [3.8, 4) is 0 Å². The molecule has 1 saturated heterocycles. The second-order valence-electron chi connectivity index (χ2n) is 3.68. The highest BCUT2D eigenvalue weighted by atomic mass is 35.5. The van der Waals surface area contributed by atoms with Crippen LogP contribution in [-0.2, 0) is 0 Å². The van der Waals surface area contributed by atoms with Gasteiger partial charge in [-0.1, -0.05) is 23.9 Å². The number of fused-ring (bicyclic) bond motifs is 1. The van der Waals surface area contributed by atoms with Gasteiger partial charge < -0.3 is 9.73 Å². The molecular weight excluding hydrogens is 244 g/mol. The van der Waals surface area contributed by atoms with Crippen LogP contribution >= 0.6 is 24.2 Å². The average Bonchev–Trinajstić information content (AvgIpc) is 2.86. The Morgan fingerprint density at radius 1 is 1.38 bits per heavy atom. The van der Waals surface area contributed by atoms with Crippen molar-refractivity contribution in [1.82, 2.24) is 10.3 Å². The third kappa shape index (κ3) is 2.34. The second-order valence-corrected chi connectivity index (χ2v) is 4.93. The van der Waals surface area contributed by atoms with E-state index in [4.69, 9.17) is 4.42 Å². The maximum atomic E-state index is 5.65. The highest BCUT2D eigenvalue weighted by Gasteiger charge is 2.18. The standard InChI is InChI=1S/C11H12N2OS.ClH/c1-2-4-10-9(3-1)13-11(14-10)15-8-5-6-12-7-8;/h1-4,8,12H,5-7H2;1H/t8-;/m0./s1. The van der Waals surface area contributed by atoms with E-state index in [0.29, 0.717) is 5.25 Å². The summed E-state index contributed by atoms with van der Waals surface area (Å²) in [6, 6.07) is 7.89. The number of nitrogens with zero attached hydrogens (tertiary/aromatic N) is 1. The molecular formula is C11H13ClN2OS. The highest BCUT2D eigenvalue weighted by Crippen LogP contribution is 2.28. The molecule has 0 saturated carbocycles. The summed E-state index contributed by atoms with van der Waals surface area (Å²) in [4.78, 5) is 4.44. The lowest BCUT2D eigenvalue weighted by atomic mass is 10.3. The number of thioether (sulfide) groups is 1. The topological polar surface area (TPSA) is 38.1 Å². The second kappa shape index (κ2) is 5.08. The minimum Gasteiger partial charge on any atom is -0.431 e.